The molecule has 0 aliphatic heterocycles. The number of alkyl carbamates (subject to hydrolysis) is 1. The van der Waals surface area contributed by atoms with Crippen molar-refractivity contribution >= 4 is 18.0 Å². The highest BCUT2D eigenvalue weighted by molar-refractivity contribution is 5.93. The molecule has 0 saturated heterocycles. The predicted octanol–water partition coefficient (Wildman–Crippen LogP) is 3.44. The van der Waals surface area contributed by atoms with Crippen LogP contribution in [0.2, 0.25) is 0 Å². The molecular weight excluding hydrogens is 441 g/mol. The summed E-state index contributed by atoms with van der Waals surface area (Å²) < 4.78 is 43.7. The lowest BCUT2D eigenvalue weighted by atomic mass is 9.98. The largest absolute Gasteiger partial charge is 0.481 e. The number of amides is 2. The van der Waals surface area contributed by atoms with Gasteiger partial charge in [0.25, 0.3) is 0 Å². The molecule has 2 amide bonds. The number of carbonyl (C=O) groups is 3. The molecule has 0 bridgehead atoms. The second-order valence-electron chi connectivity index (χ2n) is 8.18. The van der Waals surface area contributed by atoms with Crippen LogP contribution < -0.4 is 10.6 Å². The summed E-state index contributed by atoms with van der Waals surface area (Å²) in [5, 5.41) is 13.2. The molecule has 174 valence electrons. The maximum Gasteiger partial charge on any atom is 0.408 e. The number of rotatable bonds is 7. The molecule has 7 nitrogen and oxygen atoms in total. The van der Waals surface area contributed by atoms with Crippen LogP contribution in [-0.2, 0) is 14.3 Å². The standard InChI is InChI=1S/C23H21F3N2O5/c24-23(25,26)18(19(29)30)11-27-20(31)22(9-10-22)28-21(32)33-12-17-15-7-3-1-5-13(15)14-6-2-4-8-16(14)17/h1-8,17-18H,9-12H2,(H,27,31)(H,28,32)(H,29,30). The number of alkyl halides is 3. The molecule has 2 aromatic carbocycles. The van der Waals surface area contributed by atoms with Gasteiger partial charge in [0.15, 0.2) is 5.92 Å². The zero-order valence-electron chi connectivity index (χ0n) is 17.3. The third-order valence-corrected chi connectivity index (χ3v) is 6.03. The van der Waals surface area contributed by atoms with Gasteiger partial charge in [-0.15, -0.1) is 0 Å². The molecule has 33 heavy (non-hydrogen) atoms. The summed E-state index contributed by atoms with van der Waals surface area (Å²) in [4.78, 5) is 35.6. The Morgan fingerprint density at radius 3 is 2.06 bits per heavy atom. The highest BCUT2D eigenvalue weighted by Crippen LogP contribution is 2.44. The third-order valence-electron chi connectivity index (χ3n) is 6.03. The fraction of sp³-hybridized carbons (Fsp3) is 0.348. The van der Waals surface area contributed by atoms with E-state index in [9.17, 15) is 27.6 Å². The lowest BCUT2D eigenvalue weighted by molar-refractivity contribution is -0.192. The molecule has 1 fully saturated rings. The number of nitrogens with one attached hydrogen (secondary N) is 2. The van der Waals surface area contributed by atoms with Crippen LogP contribution in [0.15, 0.2) is 48.5 Å². The van der Waals surface area contributed by atoms with Crippen molar-refractivity contribution in [2.45, 2.75) is 30.5 Å². The van der Waals surface area contributed by atoms with E-state index in [0.29, 0.717) is 0 Å². The fourth-order valence-corrected chi connectivity index (χ4v) is 4.07. The van der Waals surface area contributed by atoms with Gasteiger partial charge >= 0.3 is 18.2 Å². The predicted molar refractivity (Wildman–Crippen MR) is 110 cm³/mol. The minimum absolute atomic E-state index is 0.0206. The number of hydrogen-bond acceptors (Lipinski definition) is 4. The fourth-order valence-electron chi connectivity index (χ4n) is 4.07. The SMILES string of the molecule is O=C(NC1(C(=O)NCC(C(=O)O)C(F)(F)F)CC1)OCC1c2ccccc2-c2ccccc21. The first kappa shape index (κ1) is 22.6. The minimum Gasteiger partial charge on any atom is -0.481 e. The summed E-state index contributed by atoms with van der Waals surface area (Å²) in [5.74, 6) is -5.87. The molecule has 1 atom stereocenters. The number of fused-ring (bicyclic) bond motifs is 3. The summed E-state index contributed by atoms with van der Waals surface area (Å²) in [6.07, 6.45) is -5.44. The van der Waals surface area contributed by atoms with Gasteiger partial charge in [-0.3, -0.25) is 9.59 Å². The quantitative estimate of drug-likeness (QED) is 0.585. The van der Waals surface area contributed by atoms with E-state index in [0.717, 1.165) is 22.3 Å². The van der Waals surface area contributed by atoms with Gasteiger partial charge in [0.05, 0.1) is 0 Å². The Morgan fingerprint density at radius 1 is 1.03 bits per heavy atom. The van der Waals surface area contributed by atoms with Crippen molar-refractivity contribution in [1.82, 2.24) is 10.6 Å². The average Bonchev–Trinajstić information content (AvgIpc) is 3.47. The summed E-state index contributed by atoms with van der Waals surface area (Å²) in [5.41, 5.74) is 2.74. The summed E-state index contributed by atoms with van der Waals surface area (Å²) in [7, 11) is 0. The van der Waals surface area contributed by atoms with E-state index in [-0.39, 0.29) is 25.4 Å². The number of ether oxygens (including phenoxy) is 1. The number of hydrogen-bond donors (Lipinski definition) is 3. The molecule has 10 heteroatoms. The van der Waals surface area contributed by atoms with Crippen molar-refractivity contribution in [1.29, 1.82) is 0 Å². The van der Waals surface area contributed by atoms with Crippen LogP contribution in [0, 0.1) is 5.92 Å². The van der Waals surface area contributed by atoms with Gasteiger partial charge < -0.3 is 20.5 Å². The highest BCUT2D eigenvalue weighted by atomic mass is 19.4. The van der Waals surface area contributed by atoms with Crippen LogP contribution >= 0.6 is 0 Å². The van der Waals surface area contributed by atoms with E-state index >= 15 is 0 Å². The molecule has 2 aromatic rings. The Bertz CT molecular complexity index is 1050. The molecule has 3 N–H and O–H groups in total. The van der Waals surface area contributed by atoms with Crippen LogP contribution in [0.3, 0.4) is 0 Å². The van der Waals surface area contributed by atoms with Crippen molar-refractivity contribution in [2.75, 3.05) is 13.2 Å². The van der Waals surface area contributed by atoms with E-state index < -0.39 is 42.1 Å². The Hall–Kier alpha value is -3.56. The lowest BCUT2D eigenvalue weighted by Gasteiger charge is -2.21. The summed E-state index contributed by atoms with van der Waals surface area (Å²) in [6, 6.07) is 15.5. The van der Waals surface area contributed by atoms with E-state index in [1.165, 1.54) is 0 Å². The zero-order chi connectivity index (χ0) is 23.8. The number of carboxylic acids is 1. The van der Waals surface area contributed by atoms with Crippen LogP contribution in [-0.4, -0.2) is 47.9 Å². The number of aliphatic carboxylic acids is 1. The second kappa shape index (κ2) is 8.42. The van der Waals surface area contributed by atoms with Crippen LogP contribution in [0.1, 0.15) is 29.9 Å². The average molecular weight is 462 g/mol. The number of halogens is 3. The maximum atomic E-state index is 12.8. The Morgan fingerprint density at radius 2 is 1.58 bits per heavy atom. The number of carboxylic acid groups (broad SMARTS) is 1. The molecule has 2 aliphatic rings. The molecule has 4 rings (SSSR count). The van der Waals surface area contributed by atoms with E-state index in [1.807, 2.05) is 53.8 Å². The first-order valence-corrected chi connectivity index (χ1v) is 10.3. The molecule has 0 aromatic heterocycles. The van der Waals surface area contributed by atoms with E-state index in [1.54, 1.807) is 0 Å². The van der Waals surface area contributed by atoms with Crippen molar-refractivity contribution in [2.24, 2.45) is 5.92 Å². The van der Waals surface area contributed by atoms with Crippen molar-refractivity contribution in [3.05, 3.63) is 59.7 Å². The zero-order valence-corrected chi connectivity index (χ0v) is 17.3. The van der Waals surface area contributed by atoms with Crippen molar-refractivity contribution < 1.29 is 37.4 Å². The van der Waals surface area contributed by atoms with E-state index in [2.05, 4.69) is 5.32 Å². The van der Waals surface area contributed by atoms with Gasteiger partial charge in [-0.2, -0.15) is 13.2 Å². The Labute approximate surface area is 186 Å². The number of carbonyl (C=O) groups excluding carboxylic acids is 2. The van der Waals surface area contributed by atoms with Gasteiger partial charge in [-0.05, 0) is 35.1 Å². The lowest BCUT2D eigenvalue weighted by Crippen LogP contribution is -2.51. The molecule has 0 heterocycles. The Balaban J connectivity index is 1.36. The Kier molecular flexibility index (Phi) is 5.77. The summed E-state index contributed by atoms with van der Waals surface area (Å²) >= 11 is 0. The molecule has 1 unspecified atom stereocenters. The molecule has 0 spiro atoms. The second-order valence-corrected chi connectivity index (χ2v) is 8.18. The minimum atomic E-state index is -5.00. The van der Waals surface area contributed by atoms with E-state index in [4.69, 9.17) is 9.84 Å². The first-order valence-electron chi connectivity index (χ1n) is 10.3. The topological polar surface area (TPSA) is 105 Å². The third kappa shape index (κ3) is 4.50. The van der Waals surface area contributed by atoms with Crippen LogP contribution in [0.5, 0.6) is 0 Å². The van der Waals surface area contributed by atoms with Crippen molar-refractivity contribution in [3.8, 4) is 11.1 Å². The normalized spacial score (nSPS) is 16.8. The maximum absolute atomic E-state index is 12.8. The van der Waals surface area contributed by atoms with Crippen LogP contribution in [0.25, 0.3) is 11.1 Å². The van der Waals surface area contributed by atoms with Gasteiger partial charge in [0, 0.05) is 12.5 Å². The number of benzene rings is 2. The first-order chi connectivity index (χ1) is 15.6. The van der Waals surface area contributed by atoms with Gasteiger partial charge in [0.2, 0.25) is 5.91 Å². The van der Waals surface area contributed by atoms with Crippen LogP contribution in [0.4, 0.5) is 18.0 Å². The molecular formula is C23H21F3N2O5. The van der Waals surface area contributed by atoms with Gasteiger partial charge in [-0.25, -0.2) is 4.79 Å². The van der Waals surface area contributed by atoms with Gasteiger partial charge in [0.1, 0.15) is 12.1 Å². The van der Waals surface area contributed by atoms with Gasteiger partial charge in [-0.1, -0.05) is 48.5 Å². The van der Waals surface area contributed by atoms with Crippen molar-refractivity contribution in [3.63, 3.8) is 0 Å². The smallest absolute Gasteiger partial charge is 0.408 e. The highest BCUT2D eigenvalue weighted by Gasteiger charge is 2.53. The molecule has 1 saturated carbocycles. The summed E-state index contributed by atoms with van der Waals surface area (Å²) in [6.45, 7) is -1.10. The monoisotopic (exact) mass is 462 g/mol. The molecule has 0 radical (unpaired) electrons. The molecule has 2 aliphatic carbocycles.